The minimum Gasteiger partial charge on any atom is -0.490 e. The molecule has 1 unspecified atom stereocenters. The van der Waals surface area contributed by atoms with Crippen LogP contribution in [0.4, 0.5) is 0 Å². The van der Waals surface area contributed by atoms with E-state index in [1.54, 1.807) is 17.8 Å². The molecule has 5 nitrogen and oxygen atoms in total. The van der Waals surface area contributed by atoms with E-state index in [1.807, 2.05) is 74.5 Å². The quantitative estimate of drug-likeness (QED) is 0.247. The van der Waals surface area contributed by atoms with E-state index in [0.717, 1.165) is 34.6 Å². The summed E-state index contributed by atoms with van der Waals surface area (Å²) in [6, 6.07) is 20.8. The molecule has 1 N–H and O–H groups in total. The summed E-state index contributed by atoms with van der Waals surface area (Å²) < 4.78 is 11.5. The molecule has 3 aromatic carbocycles. The van der Waals surface area contributed by atoms with Gasteiger partial charge in [0.15, 0.2) is 12.4 Å². The number of hydrogen-bond acceptors (Lipinski definition) is 5. The molecule has 0 aromatic heterocycles. The Labute approximate surface area is 205 Å². The van der Waals surface area contributed by atoms with E-state index in [0.29, 0.717) is 22.6 Å². The predicted molar refractivity (Wildman–Crippen MR) is 135 cm³/mol. The van der Waals surface area contributed by atoms with Gasteiger partial charge in [0.25, 0.3) is 0 Å². The second kappa shape index (κ2) is 12.3. The minimum absolute atomic E-state index is 0.0341. The van der Waals surface area contributed by atoms with Gasteiger partial charge in [0.1, 0.15) is 11.5 Å². The predicted octanol–water partition coefficient (Wildman–Crippen LogP) is 6.20. The van der Waals surface area contributed by atoms with Crippen molar-refractivity contribution in [1.82, 2.24) is 0 Å². The average Bonchev–Trinajstić information content (AvgIpc) is 2.83. The number of rotatable bonds is 12. The summed E-state index contributed by atoms with van der Waals surface area (Å²) in [7, 11) is 0. The lowest BCUT2D eigenvalue weighted by atomic mass is 9.99. The lowest BCUT2D eigenvalue weighted by molar-refractivity contribution is -0.139. The van der Waals surface area contributed by atoms with Gasteiger partial charge in [-0.15, -0.1) is 11.8 Å². The molecule has 0 heterocycles. The van der Waals surface area contributed by atoms with Crippen LogP contribution in [0.1, 0.15) is 47.3 Å². The number of ketones is 1. The van der Waals surface area contributed by atoms with E-state index >= 15 is 0 Å². The van der Waals surface area contributed by atoms with Crippen molar-refractivity contribution in [3.05, 3.63) is 89.0 Å². The first-order valence-electron chi connectivity index (χ1n) is 11.3. The van der Waals surface area contributed by atoms with Gasteiger partial charge in [-0.1, -0.05) is 43.3 Å². The van der Waals surface area contributed by atoms with Crippen LogP contribution in [0.5, 0.6) is 11.5 Å². The van der Waals surface area contributed by atoms with Crippen molar-refractivity contribution in [3.8, 4) is 11.5 Å². The number of aliphatic carboxylic acids is 1. The molecule has 0 aliphatic carbocycles. The highest BCUT2D eigenvalue weighted by atomic mass is 32.2. The number of aryl methyl sites for hydroxylation is 2. The number of carbonyl (C=O) groups is 2. The Morgan fingerprint density at radius 3 is 2.41 bits per heavy atom. The second-order valence-electron chi connectivity index (χ2n) is 8.05. The molecule has 3 aromatic rings. The van der Waals surface area contributed by atoms with Crippen LogP contribution < -0.4 is 9.47 Å². The van der Waals surface area contributed by atoms with E-state index in [-0.39, 0.29) is 18.5 Å². The monoisotopic (exact) mass is 478 g/mol. The second-order valence-corrected chi connectivity index (χ2v) is 9.22. The first-order valence-corrected chi connectivity index (χ1v) is 12.3. The van der Waals surface area contributed by atoms with Crippen molar-refractivity contribution >= 4 is 23.5 Å². The Kier molecular flexibility index (Phi) is 9.16. The molecular formula is C28H30O5S. The largest absolute Gasteiger partial charge is 0.490 e. The summed E-state index contributed by atoms with van der Waals surface area (Å²) in [6.45, 7) is 5.63. The maximum atomic E-state index is 13.1. The zero-order valence-corrected chi connectivity index (χ0v) is 20.6. The Hall–Kier alpha value is -3.25. The number of carboxylic acid groups (broad SMARTS) is 1. The van der Waals surface area contributed by atoms with Gasteiger partial charge >= 0.3 is 5.97 Å². The molecule has 6 heteroatoms. The van der Waals surface area contributed by atoms with Gasteiger partial charge in [0.2, 0.25) is 0 Å². The minimum atomic E-state index is -0.996. The highest BCUT2D eigenvalue weighted by Crippen LogP contribution is 2.28. The van der Waals surface area contributed by atoms with Crippen LogP contribution in [-0.4, -0.2) is 35.3 Å². The molecule has 0 aliphatic rings. The van der Waals surface area contributed by atoms with Gasteiger partial charge in [0.05, 0.1) is 11.7 Å². The van der Waals surface area contributed by atoms with Gasteiger partial charge < -0.3 is 14.6 Å². The van der Waals surface area contributed by atoms with Gasteiger partial charge in [0, 0.05) is 16.2 Å². The molecule has 3 rings (SSSR count). The standard InChI is InChI=1S/C28H30O5S/c1-4-21-10-12-26(24(17-21)28(31)22-8-6-5-7-9-22)33-20(3)14-15-34-23-11-13-25(19(2)16-23)32-18-27(29)30/h5-13,16-17,20H,4,14-15,18H2,1-3H3,(H,29,30). The normalized spacial score (nSPS) is 11.6. The van der Waals surface area contributed by atoms with Gasteiger partial charge in [-0.25, -0.2) is 4.79 Å². The van der Waals surface area contributed by atoms with Crippen molar-refractivity contribution in [1.29, 1.82) is 0 Å². The summed E-state index contributed by atoms with van der Waals surface area (Å²) >= 11 is 1.70. The smallest absolute Gasteiger partial charge is 0.341 e. The number of carboxylic acids is 1. The van der Waals surface area contributed by atoms with Gasteiger partial charge in [-0.2, -0.15) is 0 Å². The number of carbonyl (C=O) groups excluding carboxylic acids is 1. The van der Waals surface area contributed by atoms with Crippen LogP contribution >= 0.6 is 11.8 Å². The van der Waals surface area contributed by atoms with Crippen molar-refractivity contribution in [3.63, 3.8) is 0 Å². The van der Waals surface area contributed by atoms with Crippen LogP contribution in [-0.2, 0) is 11.2 Å². The van der Waals surface area contributed by atoms with Crippen LogP contribution in [0.3, 0.4) is 0 Å². The lowest BCUT2D eigenvalue weighted by Gasteiger charge is -2.18. The Morgan fingerprint density at radius 1 is 1.00 bits per heavy atom. The van der Waals surface area contributed by atoms with Crippen molar-refractivity contribution in [2.75, 3.05) is 12.4 Å². The summed E-state index contributed by atoms with van der Waals surface area (Å²) in [4.78, 5) is 24.9. The maximum absolute atomic E-state index is 13.1. The molecule has 0 aliphatic heterocycles. The Balaban J connectivity index is 1.61. The molecule has 178 valence electrons. The van der Waals surface area contributed by atoms with Gasteiger partial charge in [-0.05, 0) is 68.1 Å². The van der Waals surface area contributed by atoms with E-state index in [9.17, 15) is 9.59 Å². The van der Waals surface area contributed by atoms with Gasteiger partial charge in [-0.3, -0.25) is 4.79 Å². The van der Waals surface area contributed by atoms with Crippen LogP contribution in [0.2, 0.25) is 0 Å². The lowest BCUT2D eigenvalue weighted by Crippen LogP contribution is -2.15. The third-order valence-electron chi connectivity index (χ3n) is 5.35. The molecule has 0 bridgehead atoms. The first kappa shape index (κ1) is 25.4. The summed E-state index contributed by atoms with van der Waals surface area (Å²) in [5.74, 6) is 0.997. The molecule has 0 saturated carbocycles. The molecule has 0 radical (unpaired) electrons. The highest BCUT2D eigenvalue weighted by Gasteiger charge is 2.17. The van der Waals surface area contributed by atoms with E-state index in [1.165, 1.54) is 0 Å². The molecule has 34 heavy (non-hydrogen) atoms. The number of ether oxygens (including phenoxy) is 2. The third kappa shape index (κ3) is 7.12. The molecule has 0 fully saturated rings. The van der Waals surface area contributed by atoms with Crippen LogP contribution in [0.15, 0.2) is 71.6 Å². The van der Waals surface area contributed by atoms with Crippen molar-refractivity contribution in [2.24, 2.45) is 0 Å². The molecule has 1 atom stereocenters. The van der Waals surface area contributed by atoms with Crippen molar-refractivity contribution in [2.45, 2.75) is 44.6 Å². The zero-order chi connectivity index (χ0) is 24.5. The van der Waals surface area contributed by atoms with Crippen molar-refractivity contribution < 1.29 is 24.2 Å². The molecular weight excluding hydrogens is 448 g/mol. The van der Waals surface area contributed by atoms with Crippen LogP contribution in [0, 0.1) is 6.92 Å². The first-order chi connectivity index (χ1) is 16.4. The number of hydrogen-bond donors (Lipinski definition) is 1. The summed E-state index contributed by atoms with van der Waals surface area (Å²) in [6.07, 6.45) is 1.58. The fourth-order valence-electron chi connectivity index (χ4n) is 3.45. The third-order valence-corrected chi connectivity index (χ3v) is 6.38. The number of thioether (sulfide) groups is 1. The van der Waals surface area contributed by atoms with Crippen LogP contribution in [0.25, 0.3) is 0 Å². The number of benzene rings is 3. The zero-order valence-electron chi connectivity index (χ0n) is 19.7. The summed E-state index contributed by atoms with van der Waals surface area (Å²) in [5.41, 5.74) is 3.24. The molecule has 0 saturated heterocycles. The SMILES string of the molecule is CCc1ccc(OC(C)CCSc2ccc(OCC(=O)O)c(C)c2)c(C(=O)c2ccccc2)c1. The molecule has 0 spiro atoms. The highest BCUT2D eigenvalue weighted by molar-refractivity contribution is 7.99. The Bertz CT molecular complexity index is 1130. The fourth-order valence-corrected chi connectivity index (χ4v) is 4.56. The van der Waals surface area contributed by atoms with E-state index in [4.69, 9.17) is 14.6 Å². The van der Waals surface area contributed by atoms with E-state index in [2.05, 4.69) is 6.92 Å². The Morgan fingerprint density at radius 2 is 1.74 bits per heavy atom. The van der Waals surface area contributed by atoms with E-state index < -0.39 is 5.97 Å². The summed E-state index contributed by atoms with van der Waals surface area (Å²) in [5, 5.41) is 8.77. The molecule has 0 amide bonds. The average molecular weight is 479 g/mol. The fraction of sp³-hybridized carbons (Fsp3) is 0.286. The topological polar surface area (TPSA) is 72.8 Å². The maximum Gasteiger partial charge on any atom is 0.341 e.